The molecule has 0 spiro atoms. The molecule has 1 aromatic rings. The lowest BCUT2D eigenvalue weighted by Gasteiger charge is -2.17. The number of nitrogens with one attached hydrogen (secondary N) is 1. The molecule has 6 heteroatoms. The minimum Gasteiger partial charge on any atom is -0.304 e. The highest BCUT2D eigenvalue weighted by atomic mass is 32.2. The van der Waals surface area contributed by atoms with E-state index in [0.717, 1.165) is 12.6 Å². The summed E-state index contributed by atoms with van der Waals surface area (Å²) in [5.74, 6) is -0.295. The monoisotopic (exact) mass is 286 g/mol. The van der Waals surface area contributed by atoms with Gasteiger partial charge in [0.1, 0.15) is 5.82 Å². The Morgan fingerprint density at radius 3 is 2.63 bits per heavy atom. The van der Waals surface area contributed by atoms with Gasteiger partial charge in [0.15, 0.2) is 0 Å². The summed E-state index contributed by atoms with van der Waals surface area (Å²) in [5.41, 5.74) is 0.549. The second-order valence-electron chi connectivity index (χ2n) is 5.34. The van der Waals surface area contributed by atoms with Crippen LogP contribution in [0.5, 0.6) is 0 Å². The van der Waals surface area contributed by atoms with Crippen molar-refractivity contribution >= 4 is 10.0 Å². The van der Waals surface area contributed by atoms with Gasteiger partial charge in [0, 0.05) is 19.1 Å². The Kier molecular flexibility index (Phi) is 3.94. The predicted molar refractivity (Wildman–Crippen MR) is 71.9 cm³/mol. The molecule has 1 aliphatic heterocycles. The molecule has 4 nitrogen and oxygen atoms in total. The molecule has 1 fully saturated rings. The maximum Gasteiger partial charge on any atom is 0.241 e. The summed E-state index contributed by atoms with van der Waals surface area (Å²) in [4.78, 5) is 2.10. The molecule has 0 aliphatic carbocycles. The summed E-state index contributed by atoms with van der Waals surface area (Å²) < 4.78 is 40.5. The van der Waals surface area contributed by atoms with E-state index in [2.05, 4.69) is 9.62 Å². The molecule has 1 aromatic carbocycles. The van der Waals surface area contributed by atoms with Gasteiger partial charge in [-0.05, 0) is 37.6 Å². The number of hydrogen-bond acceptors (Lipinski definition) is 3. The first-order chi connectivity index (χ1) is 8.79. The number of halogens is 1. The van der Waals surface area contributed by atoms with Gasteiger partial charge in [-0.2, -0.15) is 0 Å². The summed E-state index contributed by atoms with van der Waals surface area (Å²) in [6.45, 7) is 5.21. The zero-order valence-corrected chi connectivity index (χ0v) is 12.2. The summed E-state index contributed by atoms with van der Waals surface area (Å²) in [7, 11) is -1.71. The van der Waals surface area contributed by atoms with Crippen molar-refractivity contribution in [2.45, 2.75) is 24.8 Å². The Balaban J connectivity index is 2.26. The number of rotatable bonds is 3. The van der Waals surface area contributed by atoms with Crippen LogP contribution in [0.4, 0.5) is 4.39 Å². The fourth-order valence-corrected chi connectivity index (χ4v) is 4.08. The quantitative estimate of drug-likeness (QED) is 0.913. The highest BCUT2D eigenvalue weighted by Gasteiger charge is 2.31. The van der Waals surface area contributed by atoms with Crippen molar-refractivity contribution in [2.75, 3.05) is 20.1 Å². The summed E-state index contributed by atoms with van der Waals surface area (Å²) in [6, 6.07) is 3.69. The normalized spacial score (nSPS) is 24.8. The van der Waals surface area contributed by atoms with E-state index in [9.17, 15) is 12.8 Å². The lowest BCUT2D eigenvalue weighted by atomic mass is 10.1. The fraction of sp³-hybridized carbons (Fsp3) is 0.538. The van der Waals surface area contributed by atoms with Crippen LogP contribution >= 0.6 is 0 Å². The first-order valence-electron chi connectivity index (χ1n) is 6.26. The second kappa shape index (κ2) is 5.19. The largest absolute Gasteiger partial charge is 0.304 e. The Morgan fingerprint density at radius 2 is 2.05 bits per heavy atom. The van der Waals surface area contributed by atoms with E-state index in [1.54, 1.807) is 6.92 Å². The maximum absolute atomic E-state index is 13.2. The van der Waals surface area contributed by atoms with Gasteiger partial charge in [-0.25, -0.2) is 17.5 Å². The highest BCUT2D eigenvalue weighted by molar-refractivity contribution is 7.89. The third kappa shape index (κ3) is 3.13. The van der Waals surface area contributed by atoms with Crippen LogP contribution in [-0.2, 0) is 10.0 Å². The fourth-order valence-electron chi connectivity index (χ4n) is 2.49. The van der Waals surface area contributed by atoms with Crippen LogP contribution in [0.15, 0.2) is 23.1 Å². The van der Waals surface area contributed by atoms with Gasteiger partial charge in [-0.3, -0.25) is 0 Å². The van der Waals surface area contributed by atoms with Gasteiger partial charge in [0.25, 0.3) is 0 Å². The number of likely N-dealkylation sites (tertiary alicyclic amines) is 1. The van der Waals surface area contributed by atoms with Gasteiger partial charge < -0.3 is 4.90 Å². The van der Waals surface area contributed by atoms with Gasteiger partial charge in [0.2, 0.25) is 10.0 Å². The van der Waals surface area contributed by atoms with Gasteiger partial charge in [0.05, 0.1) is 4.90 Å². The third-order valence-corrected chi connectivity index (χ3v) is 5.17. The van der Waals surface area contributed by atoms with E-state index < -0.39 is 15.8 Å². The number of sulfonamides is 1. The SMILES string of the molecule is Cc1ccc(F)cc1S(=O)(=O)NC1CN(C)CC1C. The maximum atomic E-state index is 13.2. The molecule has 2 rings (SSSR count). The first kappa shape index (κ1) is 14.4. The molecule has 2 unspecified atom stereocenters. The van der Waals surface area contributed by atoms with E-state index in [-0.39, 0.29) is 16.9 Å². The number of likely N-dealkylation sites (N-methyl/N-ethyl adjacent to an activating group) is 1. The second-order valence-corrected chi connectivity index (χ2v) is 7.02. The number of nitrogens with zero attached hydrogens (tertiary/aromatic N) is 1. The van der Waals surface area contributed by atoms with Gasteiger partial charge in [-0.1, -0.05) is 13.0 Å². The van der Waals surface area contributed by atoms with Crippen molar-refractivity contribution in [2.24, 2.45) is 5.92 Å². The van der Waals surface area contributed by atoms with Crippen LogP contribution in [0.25, 0.3) is 0 Å². The van der Waals surface area contributed by atoms with Crippen molar-refractivity contribution < 1.29 is 12.8 Å². The average Bonchev–Trinajstić information content (AvgIpc) is 2.60. The minimum atomic E-state index is -3.67. The van der Waals surface area contributed by atoms with E-state index >= 15 is 0 Å². The Labute approximate surface area is 113 Å². The van der Waals surface area contributed by atoms with E-state index in [4.69, 9.17) is 0 Å². The molecule has 106 valence electrons. The standard InChI is InChI=1S/C13H19FN2O2S/c1-9-4-5-11(14)6-13(9)19(17,18)15-12-8-16(3)7-10(12)2/h4-6,10,12,15H,7-8H2,1-3H3. The summed E-state index contributed by atoms with van der Waals surface area (Å²) >= 11 is 0. The molecule has 1 aliphatic rings. The molecule has 1 heterocycles. The first-order valence-corrected chi connectivity index (χ1v) is 7.75. The smallest absolute Gasteiger partial charge is 0.241 e. The van der Waals surface area contributed by atoms with E-state index in [1.165, 1.54) is 12.1 Å². The Hall–Kier alpha value is -0.980. The van der Waals surface area contributed by atoms with Crippen LogP contribution < -0.4 is 4.72 Å². The van der Waals surface area contributed by atoms with Crippen LogP contribution in [-0.4, -0.2) is 39.5 Å². The van der Waals surface area contributed by atoms with E-state index in [1.807, 2.05) is 14.0 Å². The zero-order chi connectivity index (χ0) is 14.2. The molecule has 19 heavy (non-hydrogen) atoms. The summed E-state index contributed by atoms with van der Waals surface area (Å²) in [5, 5.41) is 0. The molecule has 2 atom stereocenters. The third-order valence-electron chi connectivity index (χ3n) is 3.54. The van der Waals surface area contributed by atoms with Crippen LogP contribution in [0.3, 0.4) is 0 Å². The molecular formula is C13H19FN2O2S. The number of hydrogen-bond donors (Lipinski definition) is 1. The van der Waals surface area contributed by atoms with Crippen molar-refractivity contribution in [1.82, 2.24) is 9.62 Å². The highest BCUT2D eigenvalue weighted by Crippen LogP contribution is 2.20. The lowest BCUT2D eigenvalue weighted by Crippen LogP contribution is -2.39. The van der Waals surface area contributed by atoms with Crippen molar-refractivity contribution in [3.8, 4) is 0 Å². The van der Waals surface area contributed by atoms with Crippen LogP contribution in [0, 0.1) is 18.7 Å². The lowest BCUT2D eigenvalue weighted by molar-refractivity contribution is 0.400. The molecule has 0 amide bonds. The molecule has 1 N–H and O–H groups in total. The Morgan fingerprint density at radius 1 is 1.37 bits per heavy atom. The van der Waals surface area contributed by atoms with Crippen molar-refractivity contribution in [3.05, 3.63) is 29.6 Å². The van der Waals surface area contributed by atoms with Crippen LogP contribution in [0.1, 0.15) is 12.5 Å². The Bertz CT molecular complexity index is 574. The molecule has 0 saturated carbocycles. The summed E-state index contributed by atoms with van der Waals surface area (Å²) in [6.07, 6.45) is 0. The molecule has 0 bridgehead atoms. The molecule has 1 saturated heterocycles. The number of aryl methyl sites for hydroxylation is 1. The number of benzene rings is 1. The predicted octanol–water partition coefficient (Wildman–Crippen LogP) is 1.36. The van der Waals surface area contributed by atoms with E-state index in [0.29, 0.717) is 12.1 Å². The van der Waals surface area contributed by atoms with Crippen molar-refractivity contribution in [3.63, 3.8) is 0 Å². The van der Waals surface area contributed by atoms with Gasteiger partial charge >= 0.3 is 0 Å². The zero-order valence-electron chi connectivity index (χ0n) is 11.4. The van der Waals surface area contributed by atoms with Gasteiger partial charge in [-0.15, -0.1) is 0 Å². The average molecular weight is 286 g/mol. The topological polar surface area (TPSA) is 49.4 Å². The molecule has 0 radical (unpaired) electrons. The minimum absolute atomic E-state index is 0.0225. The molecular weight excluding hydrogens is 267 g/mol. The van der Waals surface area contributed by atoms with Crippen LogP contribution in [0.2, 0.25) is 0 Å². The molecule has 0 aromatic heterocycles. The van der Waals surface area contributed by atoms with Crippen molar-refractivity contribution in [1.29, 1.82) is 0 Å².